The monoisotopic (exact) mass is 483 g/mol. The van der Waals surface area contributed by atoms with E-state index >= 15 is 0 Å². The molecule has 1 saturated carbocycles. The average Bonchev–Trinajstić information content (AvgIpc) is 3.19. The van der Waals surface area contributed by atoms with E-state index in [0.717, 1.165) is 16.5 Å². The number of carbonyl (C=O) groups is 2. The molecule has 0 spiro atoms. The minimum Gasteiger partial charge on any atom is -0.376 e. The summed E-state index contributed by atoms with van der Waals surface area (Å²) >= 11 is 0. The van der Waals surface area contributed by atoms with Crippen LogP contribution in [0.5, 0.6) is 0 Å². The molecule has 3 aromatic heterocycles. The van der Waals surface area contributed by atoms with E-state index in [1.165, 1.54) is 6.20 Å². The molecule has 3 N–H and O–H groups in total. The average molecular weight is 484 g/mol. The number of nitrogens with two attached hydrogens (primary N) is 1. The maximum atomic E-state index is 12.9. The van der Waals surface area contributed by atoms with Crippen LogP contribution in [-0.4, -0.2) is 60.2 Å². The molecule has 1 saturated heterocycles. The van der Waals surface area contributed by atoms with Crippen molar-refractivity contribution in [3.63, 3.8) is 0 Å². The molecule has 2 atom stereocenters. The third-order valence-electron chi connectivity index (χ3n) is 7.40. The standard InChI is InChI=1S/C25H25N9O2/c1-14-10-33(24(36)25(13-26)5-6-25)11-18(14)30-21-17(22(27)35)9-29-34-12-19(31-23(21)34)15-3-4-20-16(7-15)8-28-32(20)2/h3-4,7-9,12,14,18,30H,5-6,10-11H2,1-2H3,(H2,27,35)/t14-,18+/m1/s1. The first-order valence-corrected chi connectivity index (χ1v) is 11.9. The number of hydrogen-bond donors (Lipinski definition) is 2. The number of nitriles is 1. The van der Waals surface area contributed by atoms with Gasteiger partial charge < -0.3 is 16.0 Å². The molecule has 0 radical (unpaired) electrons. The number of imidazole rings is 1. The molecule has 2 fully saturated rings. The molecule has 1 aliphatic heterocycles. The number of rotatable bonds is 5. The number of fused-ring (bicyclic) bond motifs is 2. The summed E-state index contributed by atoms with van der Waals surface area (Å²) in [5, 5.41) is 22.5. The molecule has 0 unspecified atom stereocenters. The summed E-state index contributed by atoms with van der Waals surface area (Å²) in [4.78, 5) is 31.8. The topological polar surface area (TPSA) is 147 Å². The second kappa shape index (κ2) is 7.78. The zero-order valence-electron chi connectivity index (χ0n) is 20.0. The number of hydrogen-bond acceptors (Lipinski definition) is 7. The summed E-state index contributed by atoms with van der Waals surface area (Å²) in [5.74, 6) is -0.626. The van der Waals surface area contributed by atoms with Gasteiger partial charge in [0.1, 0.15) is 5.41 Å². The molecule has 182 valence electrons. The molecule has 1 aromatic carbocycles. The largest absolute Gasteiger partial charge is 0.376 e. The quantitative estimate of drug-likeness (QED) is 0.441. The number of nitrogens with one attached hydrogen (secondary N) is 1. The van der Waals surface area contributed by atoms with Gasteiger partial charge in [0.2, 0.25) is 5.91 Å². The predicted molar refractivity (Wildman–Crippen MR) is 132 cm³/mol. The zero-order valence-corrected chi connectivity index (χ0v) is 20.0. The fraction of sp³-hybridized carbons (Fsp3) is 0.360. The number of likely N-dealkylation sites (tertiary alicyclic amines) is 1. The Morgan fingerprint density at radius 1 is 1.22 bits per heavy atom. The van der Waals surface area contributed by atoms with Gasteiger partial charge in [0.15, 0.2) is 5.65 Å². The second-order valence-corrected chi connectivity index (χ2v) is 9.87. The van der Waals surface area contributed by atoms with Crippen LogP contribution in [0.4, 0.5) is 5.69 Å². The van der Waals surface area contributed by atoms with E-state index in [1.807, 2.05) is 36.9 Å². The van der Waals surface area contributed by atoms with Crippen molar-refractivity contribution in [1.29, 1.82) is 5.26 Å². The Balaban J connectivity index is 1.35. The molecule has 11 heteroatoms. The zero-order chi connectivity index (χ0) is 25.2. The number of benzene rings is 1. The summed E-state index contributed by atoms with van der Waals surface area (Å²) in [5.41, 5.74) is 8.62. The van der Waals surface area contributed by atoms with Crippen molar-refractivity contribution in [3.05, 3.63) is 42.4 Å². The number of aryl methyl sites for hydroxylation is 1. The highest BCUT2D eigenvalue weighted by Crippen LogP contribution is 2.47. The first-order valence-electron chi connectivity index (χ1n) is 11.9. The van der Waals surface area contributed by atoms with Gasteiger partial charge in [0, 0.05) is 37.1 Å². The van der Waals surface area contributed by atoms with Crippen molar-refractivity contribution in [3.8, 4) is 17.3 Å². The first-order chi connectivity index (χ1) is 17.3. The smallest absolute Gasteiger partial charge is 0.252 e. The van der Waals surface area contributed by atoms with E-state index < -0.39 is 11.3 Å². The summed E-state index contributed by atoms with van der Waals surface area (Å²) in [7, 11) is 1.89. The van der Waals surface area contributed by atoms with Gasteiger partial charge >= 0.3 is 0 Å². The maximum absolute atomic E-state index is 12.9. The van der Waals surface area contributed by atoms with Gasteiger partial charge in [-0.25, -0.2) is 9.50 Å². The Kier molecular flexibility index (Phi) is 4.76. The molecular weight excluding hydrogens is 458 g/mol. The molecule has 2 amide bonds. The van der Waals surface area contributed by atoms with E-state index in [9.17, 15) is 14.9 Å². The molecule has 1 aliphatic carbocycles. The third-order valence-corrected chi connectivity index (χ3v) is 7.40. The highest BCUT2D eigenvalue weighted by atomic mass is 16.2. The van der Waals surface area contributed by atoms with E-state index in [-0.39, 0.29) is 23.4 Å². The molecule has 6 rings (SSSR count). The van der Waals surface area contributed by atoms with Crippen LogP contribution in [0.2, 0.25) is 0 Å². The number of carbonyl (C=O) groups excluding carboxylic acids is 2. The van der Waals surface area contributed by atoms with E-state index in [1.54, 1.807) is 21.8 Å². The van der Waals surface area contributed by atoms with Crippen molar-refractivity contribution in [1.82, 2.24) is 29.3 Å². The Morgan fingerprint density at radius 2 is 2.03 bits per heavy atom. The van der Waals surface area contributed by atoms with Crippen molar-refractivity contribution < 1.29 is 9.59 Å². The molecule has 0 bridgehead atoms. The molecular formula is C25H25N9O2. The van der Waals surface area contributed by atoms with Gasteiger partial charge in [-0.05, 0) is 30.9 Å². The maximum Gasteiger partial charge on any atom is 0.252 e. The minimum absolute atomic E-state index is 0.0970. The van der Waals surface area contributed by atoms with Crippen LogP contribution in [0.15, 0.2) is 36.8 Å². The third kappa shape index (κ3) is 3.37. The lowest BCUT2D eigenvalue weighted by Crippen LogP contribution is -2.36. The number of primary amides is 1. The Bertz CT molecular complexity index is 1590. The Hall–Kier alpha value is -4.46. The molecule has 4 heterocycles. The Labute approximate surface area is 206 Å². The first kappa shape index (κ1) is 22.0. The van der Waals surface area contributed by atoms with E-state index in [0.29, 0.717) is 43.0 Å². The highest BCUT2D eigenvalue weighted by molar-refractivity contribution is 6.01. The van der Waals surface area contributed by atoms with Crippen LogP contribution in [-0.2, 0) is 11.8 Å². The van der Waals surface area contributed by atoms with Crippen LogP contribution in [0.3, 0.4) is 0 Å². The lowest BCUT2D eigenvalue weighted by molar-refractivity contribution is -0.134. The normalized spacial score (nSPS) is 20.5. The van der Waals surface area contributed by atoms with Crippen LogP contribution in [0, 0.1) is 22.7 Å². The van der Waals surface area contributed by atoms with Gasteiger partial charge in [0.25, 0.3) is 5.91 Å². The van der Waals surface area contributed by atoms with Crippen LogP contribution in [0.25, 0.3) is 27.8 Å². The molecule has 36 heavy (non-hydrogen) atoms. The molecule has 11 nitrogen and oxygen atoms in total. The lowest BCUT2D eigenvalue weighted by Gasteiger charge is -2.21. The number of amides is 2. The fourth-order valence-electron chi connectivity index (χ4n) is 5.03. The molecule has 4 aromatic rings. The van der Waals surface area contributed by atoms with Crippen molar-refractivity contribution in [2.75, 3.05) is 18.4 Å². The summed E-state index contributed by atoms with van der Waals surface area (Å²) in [6.45, 7) is 3.01. The summed E-state index contributed by atoms with van der Waals surface area (Å²) in [6.07, 6.45) is 6.27. The number of aromatic nitrogens is 5. The predicted octanol–water partition coefficient (Wildman–Crippen LogP) is 1.94. The van der Waals surface area contributed by atoms with E-state index in [2.05, 4.69) is 21.6 Å². The fourth-order valence-corrected chi connectivity index (χ4v) is 5.03. The van der Waals surface area contributed by atoms with Crippen molar-refractivity contribution >= 4 is 34.1 Å². The molecule has 2 aliphatic rings. The van der Waals surface area contributed by atoms with Gasteiger partial charge in [-0.1, -0.05) is 13.0 Å². The lowest BCUT2D eigenvalue weighted by atomic mass is 10.1. The van der Waals surface area contributed by atoms with Crippen molar-refractivity contribution in [2.24, 2.45) is 24.1 Å². The number of nitrogens with zero attached hydrogens (tertiary/aromatic N) is 7. The van der Waals surface area contributed by atoms with Crippen LogP contribution < -0.4 is 11.1 Å². The Morgan fingerprint density at radius 3 is 2.75 bits per heavy atom. The van der Waals surface area contributed by atoms with E-state index in [4.69, 9.17) is 10.7 Å². The minimum atomic E-state index is -0.857. The summed E-state index contributed by atoms with van der Waals surface area (Å²) in [6, 6.07) is 8.02. The highest BCUT2D eigenvalue weighted by Gasteiger charge is 2.54. The number of anilines is 1. The van der Waals surface area contributed by atoms with Gasteiger partial charge in [0.05, 0.1) is 47.1 Å². The van der Waals surface area contributed by atoms with Crippen LogP contribution >= 0.6 is 0 Å². The van der Waals surface area contributed by atoms with Crippen LogP contribution in [0.1, 0.15) is 30.1 Å². The van der Waals surface area contributed by atoms with Gasteiger partial charge in [-0.2, -0.15) is 15.5 Å². The van der Waals surface area contributed by atoms with Gasteiger partial charge in [-0.3, -0.25) is 14.3 Å². The van der Waals surface area contributed by atoms with Crippen molar-refractivity contribution in [2.45, 2.75) is 25.8 Å². The second-order valence-electron chi connectivity index (χ2n) is 9.87. The van der Waals surface area contributed by atoms with Gasteiger partial charge in [-0.15, -0.1) is 0 Å². The summed E-state index contributed by atoms with van der Waals surface area (Å²) < 4.78 is 3.43. The SMILES string of the molecule is C[C@@H]1CN(C(=O)C2(C#N)CC2)C[C@@H]1Nc1c(C(N)=O)cnn2cc(-c3ccc4c(cnn4C)c3)nc12.